The SMILES string of the molecule is NCCC1COC(Cc2ccccc2F)=N1. The number of nitrogens with zero attached hydrogens (tertiary/aromatic N) is 1. The molecule has 86 valence electrons. The Balaban J connectivity index is 2.01. The summed E-state index contributed by atoms with van der Waals surface area (Å²) in [5.41, 5.74) is 6.07. The van der Waals surface area contributed by atoms with E-state index in [0.29, 0.717) is 31.0 Å². The van der Waals surface area contributed by atoms with E-state index < -0.39 is 0 Å². The smallest absolute Gasteiger partial charge is 0.188 e. The van der Waals surface area contributed by atoms with Gasteiger partial charge in [-0.1, -0.05) is 18.2 Å². The highest BCUT2D eigenvalue weighted by Crippen LogP contribution is 2.13. The molecule has 1 unspecified atom stereocenters. The van der Waals surface area contributed by atoms with Gasteiger partial charge in [0.2, 0.25) is 0 Å². The Bertz CT molecular complexity index is 392. The van der Waals surface area contributed by atoms with E-state index in [0.717, 1.165) is 6.42 Å². The van der Waals surface area contributed by atoms with Gasteiger partial charge in [0.25, 0.3) is 0 Å². The van der Waals surface area contributed by atoms with Crippen molar-refractivity contribution in [3.63, 3.8) is 0 Å². The summed E-state index contributed by atoms with van der Waals surface area (Å²) in [5, 5.41) is 0. The maximum absolute atomic E-state index is 13.4. The van der Waals surface area contributed by atoms with Gasteiger partial charge in [0.05, 0.1) is 12.5 Å². The van der Waals surface area contributed by atoms with Crippen molar-refractivity contribution in [2.24, 2.45) is 10.7 Å². The lowest BCUT2D eigenvalue weighted by Gasteiger charge is -2.02. The second-order valence-corrected chi connectivity index (χ2v) is 3.83. The van der Waals surface area contributed by atoms with E-state index in [2.05, 4.69) is 4.99 Å². The van der Waals surface area contributed by atoms with E-state index in [1.807, 2.05) is 6.07 Å². The standard InChI is InChI=1S/C12H15FN2O/c13-11-4-2-1-3-9(11)7-12-15-10(5-6-14)8-16-12/h1-4,10H,5-8,14H2. The van der Waals surface area contributed by atoms with Crippen molar-refractivity contribution in [1.29, 1.82) is 0 Å². The molecule has 1 aromatic carbocycles. The molecule has 0 aromatic heterocycles. The van der Waals surface area contributed by atoms with E-state index in [9.17, 15) is 4.39 Å². The highest BCUT2D eigenvalue weighted by atomic mass is 19.1. The highest BCUT2D eigenvalue weighted by Gasteiger charge is 2.18. The van der Waals surface area contributed by atoms with Crippen LogP contribution < -0.4 is 5.73 Å². The van der Waals surface area contributed by atoms with Crippen molar-refractivity contribution in [3.05, 3.63) is 35.6 Å². The molecule has 0 saturated heterocycles. The van der Waals surface area contributed by atoms with Crippen molar-refractivity contribution >= 4 is 5.90 Å². The lowest BCUT2D eigenvalue weighted by molar-refractivity contribution is 0.307. The zero-order chi connectivity index (χ0) is 11.4. The van der Waals surface area contributed by atoms with Gasteiger partial charge < -0.3 is 10.5 Å². The van der Waals surface area contributed by atoms with Gasteiger partial charge in [-0.3, -0.25) is 0 Å². The van der Waals surface area contributed by atoms with Crippen molar-refractivity contribution in [3.8, 4) is 0 Å². The van der Waals surface area contributed by atoms with Gasteiger partial charge in [0.15, 0.2) is 5.90 Å². The number of hydrogen-bond donors (Lipinski definition) is 1. The number of rotatable bonds is 4. The lowest BCUT2D eigenvalue weighted by Crippen LogP contribution is -2.12. The van der Waals surface area contributed by atoms with Crippen molar-refractivity contribution in [1.82, 2.24) is 0 Å². The summed E-state index contributed by atoms with van der Waals surface area (Å²) in [7, 11) is 0. The summed E-state index contributed by atoms with van der Waals surface area (Å²) in [6.45, 7) is 1.17. The Morgan fingerprint density at radius 1 is 1.44 bits per heavy atom. The molecule has 1 aromatic rings. The fourth-order valence-electron chi connectivity index (χ4n) is 1.71. The monoisotopic (exact) mass is 222 g/mol. The Kier molecular flexibility index (Phi) is 3.51. The number of aliphatic imine (C=N–C) groups is 1. The van der Waals surface area contributed by atoms with E-state index in [1.54, 1.807) is 12.1 Å². The molecule has 16 heavy (non-hydrogen) atoms. The first-order valence-corrected chi connectivity index (χ1v) is 5.42. The molecule has 0 aliphatic carbocycles. The molecule has 0 spiro atoms. The fourth-order valence-corrected chi connectivity index (χ4v) is 1.71. The summed E-state index contributed by atoms with van der Waals surface area (Å²) in [6.07, 6.45) is 1.24. The average molecular weight is 222 g/mol. The third kappa shape index (κ3) is 2.58. The molecule has 0 amide bonds. The predicted molar refractivity (Wildman–Crippen MR) is 61.0 cm³/mol. The number of nitrogens with two attached hydrogens (primary N) is 1. The van der Waals surface area contributed by atoms with Crippen molar-refractivity contribution in [2.45, 2.75) is 18.9 Å². The quantitative estimate of drug-likeness (QED) is 0.839. The molecule has 1 heterocycles. The normalized spacial score (nSPS) is 19.4. The second kappa shape index (κ2) is 5.07. The first kappa shape index (κ1) is 11.1. The minimum atomic E-state index is -0.212. The van der Waals surface area contributed by atoms with E-state index in [4.69, 9.17) is 10.5 Å². The molecular weight excluding hydrogens is 207 g/mol. The van der Waals surface area contributed by atoms with Crippen LogP contribution in [0.5, 0.6) is 0 Å². The number of hydrogen-bond acceptors (Lipinski definition) is 3. The molecule has 2 rings (SSSR count). The molecule has 0 fully saturated rings. The van der Waals surface area contributed by atoms with Gasteiger partial charge in [0.1, 0.15) is 12.4 Å². The van der Waals surface area contributed by atoms with Gasteiger partial charge in [-0.15, -0.1) is 0 Å². The number of halogens is 1. The molecule has 1 aliphatic heterocycles. The molecule has 3 nitrogen and oxygen atoms in total. The molecular formula is C12H15FN2O. The first-order valence-electron chi connectivity index (χ1n) is 5.42. The van der Waals surface area contributed by atoms with Gasteiger partial charge in [-0.05, 0) is 24.6 Å². The van der Waals surface area contributed by atoms with Gasteiger partial charge >= 0.3 is 0 Å². The topological polar surface area (TPSA) is 47.6 Å². The zero-order valence-electron chi connectivity index (χ0n) is 9.03. The minimum absolute atomic E-state index is 0.145. The van der Waals surface area contributed by atoms with Crippen LogP contribution in [0.2, 0.25) is 0 Å². The van der Waals surface area contributed by atoms with Gasteiger partial charge in [0, 0.05) is 0 Å². The lowest BCUT2D eigenvalue weighted by atomic mass is 10.1. The van der Waals surface area contributed by atoms with Crippen LogP contribution in [0.1, 0.15) is 12.0 Å². The largest absolute Gasteiger partial charge is 0.478 e. The average Bonchev–Trinajstić information content (AvgIpc) is 2.70. The van der Waals surface area contributed by atoms with Gasteiger partial charge in [-0.2, -0.15) is 0 Å². The Morgan fingerprint density at radius 3 is 3.00 bits per heavy atom. The molecule has 1 aliphatic rings. The van der Waals surface area contributed by atoms with Crippen molar-refractivity contribution < 1.29 is 9.13 Å². The summed E-state index contributed by atoms with van der Waals surface area (Å²) in [6, 6.07) is 6.82. The summed E-state index contributed by atoms with van der Waals surface area (Å²) >= 11 is 0. The van der Waals surface area contributed by atoms with Crippen LogP contribution in [0.4, 0.5) is 4.39 Å². The van der Waals surface area contributed by atoms with E-state index >= 15 is 0 Å². The van der Waals surface area contributed by atoms with Crippen LogP contribution in [0.25, 0.3) is 0 Å². The van der Waals surface area contributed by atoms with Crippen LogP contribution in [0.3, 0.4) is 0 Å². The fraction of sp³-hybridized carbons (Fsp3) is 0.417. The van der Waals surface area contributed by atoms with Crippen LogP contribution in [-0.2, 0) is 11.2 Å². The van der Waals surface area contributed by atoms with Crippen LogP contribution >= 0.6 is 0 Å². The van der Waals surface area contributed by atoms with Crippen LogP contribution in [0, 0.1) is 5.82 Å². The second-order valence-electron chi connectivity index (χ2n) is 3.83. The number of benzene rings is 1. The minimum Gasteiger partial charge on any atom is -0.478 e. The molecule has 4 heteroatoms. The van der Waals surface area contributed by atoms with Crippen LogP contribution in [-0.4, -0.2) is 25.1 Å². The molecule has 1 atom stereocenters. The van der Waals surface area contributed by atoms with E-state index in [1.165, 1.54) is 6.07 Å². The predicted octanol–water partition coefficient (Wildman–Crippen LogP) is 1.51. The third-order valence-corrected chi connectivity index (χ3v) is 2.57. The molecule has 2 N–H and O–H groups in total. The molecule has 0 saturated carbocycles. The maximum Gasteiger partial charge on any atom is 0.188 e. The third-order valence-electron chi connectivity index (χ3n) is 2.57. The Labute approximate surface area is 94.1 Å². The molecule has 0 bridgehead atoms. The maximum atomic E-state index is 13.4. The first-order chi connectivity index (χ1) is 7.79. The van der Waals surface area contributed by atoms with Crippen molar-refractivity contribution in [2.75, 3.05) is 13.2 Å². The number of ether oxygens (including phenoxy) is 1. The van der Waals surface area contributed by atoms with Crippen LogP contribution in [0.15, 0.2) is 29.3 Å². The van der Waals surface area contributed by atoms with Gasteiger partial charge in [-0.25, -0.2) is 9.38 Å². The zero-order valence-corrected chi connectivity index (χ0v) is 9.03. The highest BCUT2D eigenvalue weighted by molar-refractivity contribution is 5.80. The Hall–Kier alpha value is -1.42. The summed E-state index contributed by atoms with van der Waals surface area (Å²) in [4.78, 5) is 4.36. The van der Waals surface area contributed by atoms with E-state index in [-0.39, 0.29) is 11.9 Å². The molecule has 0 radical (unpaired) electrons. The summed E-state index contributed by atoms with van der Waals surface area (Å²) < 4.78 is 18.8. The Morgan fingerprint density at radius 2 is 2.25 bits per heavy atom. The summed E-state index contributed by atoms with van der Waals surface area (Å²) in [5.74, 6) is 0.402.